The molecule has 0 amide bonds. The molecule has 1 atom stereocenters. The van der Waals surface area contributed by atoms with Crippen molar-refractivity contribution in [2.45, 2.75) is 13.0 Å². The van der Waals surface area contributed by atoms with E-state index in [1.54, 1.807) is 17.4 Å². The van der Waals surface area contributed by atoms with E-state index in [0.29, 0.717) is 0 Å². The summed E-state index contributed by atoms with van der Waals surface area (Å²) in [6.45, 7) is 2.01. The number of aromatic nitrogens is 1. The highest BCUT2D eigenvalue weighted by Crippen LogP contribution is 2.26. The lowest BCUT2D eigenvalue weighted by Crippen LogP contribution is -2.08. The number of rotatable bonds is 3. The number of benzene rings is 1. The van der Waals surface area contributed by atoms with Crippen molar-refractivity contribution < 1.29 is 4.39 Å². The summed E-state index contributed by atoms with van der Waals surface area (Å²) in [5, 5.41) is 6.69. The Bertz CT molecular complexity index is 691. The van der Waals surface area contributed by atoms with Gasteiger partial charge in [-0.1, -0.05) is 0 Å². The van der Waals surface area contributed by atoms with Crippen molar-refractivity contribution in [2.75, 3.05) is 5.32 Å². The molecule has 0 spiro atoms. The number of fused-ring (bicyclic) bond motifs is 1. The predicted molar refractivity (Wildman–Crippen MR) is 78.1 cm³/mol. The lowest BCUT2D eigenvalue weighted by atomic mass is 10.2. The molecule has 3 rings (SSSR count). The van der Waals surface area contributed by atoms with Crippen LogP contribution in [0.4, 0.5) is 10.1 Å². The van der Waals surface area contributed by atoms with E-state index in [4.69, 9.17) is 0 Å². The Morgan fingerprint density at radius 1 is 1.21 bits per heavy atom. The zero-order chi connectivity index (χ0) is 13.2. The lowest BCUT2D eigenvalue weighted by Gasteiger charge is -2.14. The maximum Gasteiger partial charge on any atom is 0.141 e. The molecular weight excluding hydrogens is 259 g/mol. The van der Waals surface area contributed by atoms with E-state index in [-0.39, 0.29) is 11.9 Å². The van der Waals surface area contributed by atoms with Crippen LogP contribution in [0.1, 0.15) is 18.7 Å². The van der Waals surface area contributed by atoms with Crippen LogP contribution in [0.5, 0.6) is 0 Å². The van der Waals surface area contributed by atoms with Crippen LogP contribution in [0, 0.1) is 5.82 Å². The van der Waals surface area contributed by atoms with Crippen LogP contribution in [0.3, 0.4) is 0 Å². The highest BCUT2D eigenvalue weighted by molar-refractivity contribution is 7.17. The van der Waals surface area contributed by atoms with Crippen LogP contribution in [-0.4, -0.2) is 4.98 Å². The Hall–Kier alpha value is -1.94. The molecule has 2 heterocycles. The zero-order valence-corrected chi connectivity index (χ0v) is 11.2. The monoisotopic (exact) mass is 272 g/mol. The van der Waals surface area contributed by atoms with Gasteiger partial charge >= 0.3 is 0 Å². The highest BCUT2D eigenvalue weighted by atomic mass is 32.1. The smallest absolute Gasteiger partial charge is 0.141 e. The summed E-state index contributed by atoms with van der Waals surface area (Å²) in [6, 6.07) is 11.6. The lowest BCUT2D eigenvalue weighted by molar-refractivity contribution is 0.617. The van der Waals surface area contributed by atoms with Gasteiger partial charge in [-0.3, -0.25) is 4.98 Å². The van der Waals surface area contributed by atoms with Gasteiger partial charge in [0.05, 0.1) is 17.9 Å². The third kappa shape index (κ3) is 2.58. The molecule has 0 saturated carbocycles. The first-order valence-corrected chi connectivity index (χ1v) is 6.95. The Morgan fingerprint density at radius 2 is 2.11 bits per heavy atom. The van der Waals surface area contributed by atoms with Gasteiger partial charge in [0.15, 0.2) is 0 Å². The standard InChI is InChI=1S/C15H13FN2S/c1-10(14-4-2-12(16)9-17-14)18-13-3-5-15-11(8-13)6-7-19-15/h2-10,18H,1H3. The normalized spacial score (nSPS) is 12.5. The number of pyridine rings is 1. The predicted octanol–water partition coefficient (Wildman–Crippen LogP) is 4.61. The summed E-state index contributed by atoms with van der Waals surface area (Å²) in [5.41, 5.74) is 1.87. The fourth-order valence-electron chi connectivity index (χ4n) is 2.02. The van der Waals surface area contributed by atoms with Gasteiger partial charge in [-0.05, 0) is 54.1 Å². The molecule has 1 N–H and O–H groups in total. The number of anilines is 1. The van der Waals surface area contributed by atoms with E-state index in [1.807, 2.05) is 6.92 Å². The fraction of sp³-hybridized carbons (Fsp3) is 0.133. The summed E-state index contributed by atoms with van der Waals surface area (Å²) in [7, 11) is 0. The van der Waals surface area contributed by atoms with E-state index in [9.17, 15) is 4.39 Å². The molecule has 0 aliphatic carbocycles. The minimum Gasteiger partial charge on any atom is -0.377 e. The van der Waals surface area contributed by atoms with Gasteiger partial charge in [0.1, 0.15) is 5.82 Å². The zero-order valence-electron chi connectivity index (χ0n) is 10.4. The number of hydrogen-bond donors (Lipinski definition) is 1. The van der Waals surface area contributed by atoms with E-state index >= 15 is 0 Å². The second kappa shape index (κ2) is 4.97. The number of thiophene rings is 1. The van der Waals surface area contributed by atoms with Gasteiger partial charge in [0.25, 0.3) is 0 Å². The molecule has 0 bridgehead atoms. The molecule has 19 heavy (non-hydrogen) atoms. The SMILES string of the molecule is CC(Nc1ccc2sccc2c1)c1ccc(F)cn1. The van der Waals surface area contributed by atoms with Gasteiger partial charge in [0.2, 0.25) is 0 Å². The molecular formula is C15H13FN2S. The number of nitrogens with zero attached hydrogens (tertiary/aromatic N) is 1. The van der Waals surface area contributed by atoms with Crippen LogP contribution in [0.2, 0.25) is 0 Å². The fourth-order valence-corrected chi connectivity index (χ4v) is 2.79. The number of halogens is 1. The quantitative estimate of drug-likeness (QED) is 0.753. The summed E-state index contributed by atoms with van der Waals surface area (Å²) in [5.74, 6) is -0.310. The minimum atomic E-state index is -0.310. The van der Waals surface area contributed by atoms with Crippen molar-refractivity contribution in [3.8, 4) is 0 Å². The van der Waals surface area contributed by atoms with Crippen molar-refractivity contribution in [1.82, 2.24) is 4.98 Å². The van der Waals surface area contributed by atoms with Gasteiger partial charge in [-0.25, -0.2) is 4.39 Å². The highest BCUT2D eigenvalue weighted by Gasteiger charge is 2.07. The van der Waals surface area contributed by atoms with Crippen molar-refractivity contribution in [2.24, 2.45) is 0 Å². The molecule has 3 aromatic rings. The minimum absolute atomic E-state index is 0.0386. The molecule has 4 heteroatoms. The third-order valence-corrected chi connectivity index (χ3v) is 3.93. The van der Waals surface area contributed by atoms with Crippen LogP contribution in [-0.2, 0) is 0 Å². The molecule has 1 unspecified atom stereocenters. The van der Waals surface area contributed by atoms with Crippen LogP contribution < -0.4 is 5.32 Å². The van der Waals surface area contributed by atoms with Gasteiger partial charge in [0, 0.05) is 10.4 Å². The topological polar surface area (TPSA) is 24.9 Å². The first kappa shape index (κ1) is 12.1. The molecule has 0 fully saturated rings. The van der Waals surface area contributed by atoms with Crippen molar-refractivity contribution in [1.29, 1.82) is 0 Å². The van der Waals surface area contributed by atoms with Crippen LogP contribution in [0.15, 0.2) is 48.0 Å². The van der Waals surface area contributed by atoms with E-state index < -0.39 is 0 Å². The largest absolute Gasteiger partial charge is 0.377 e. The van der Waals surface area contributed by atoms with Crippen molar-refractivity contribution in [3.63, 3.8) is 0 Å². The van der Waals surface area contributed by atoms with Crippen molar-refractivity contribution >= 4 is 27.1 Å². The maximum absolute atomic E-state index is 12.8. The third-order valence-electron chi connectivity index (χ3n) is 3.03. The summed E-state index contributed by atoms with van der Waals surface area (Å²) < 4.78 is 14.1. The van der Waals surface area contributed by atoms with Gasteiger partial charge in [-0.2, -0.15) is 0 Å². The maximum atomic E-state index is 12.8. The molecule has 2 nitrogen and oxygen atoms in total. The Morgan fingerprint density at radius 3 is 2.89 bits per heavy atom. The summed E-state index contributed by atoms with van der Waals surface area (Å²) >= 11 is 1.73. The average Bonchev–Trinajstić information content (AvgIpc) is 2.87. The van der Waals surface area contributed by atoms with E-state index in [2.05, 4.69) is 39.9 Å². The molecule has 2 aromatic heterocycles. The summed E-state index contributed by atoms with van der Waals surface area (Å²) in [4.78, 5) is 4.09. The van der Waals surface area contributed by atoms with E-state index in [1.165, 1.54) is 22.3 Å². The van der Waals surface area contributed by atoms with Gasteiger partial charge < -0.3 is 5.32 Å². The Labute approximate surface area is 114 Å². The first-order chi connectivity index (χ1) is 9.22. The Kier molecular flexibility index (Phi) is 3.17. The number of nitrogens with one attached hydrogen (secondary N) is 1. The average molecular weight is 272 g/mol. The second-order valence-electron chi connectivity index (χ2n) is 4.44. The Balaban J connectivity index is 1.81. The first-order valence-electron chi connectivity index (χ1n) is 6.07. The molecule has 1 aromatic carbocycles. The van der Waals surface area contributed by atoms with Crippen LogP contribution >= 0.6 is 11.3 Å². The molecule has 0 aliphatic heterocycles. The summed E-state index contributed by atoms with van der Waals surface area (Å²) in [6.07, 6.45) is 1.25. The second-order valence-corrected chi connectivity index (χ2v) is 5.39. The molecule has 0 radical (unpaired) electrons. The van der Waals surface area contributed by atoms with Crippen LogP contribution in [0.25, 0.3) is 10.1 Å². The number of hydrogen-bond acceptors (Lipinski definition) is 3. The van der Waals surface area contributed by atoms with Gasteiger partial charge in [-0.15, -0.1) is 11.3 Å². The van der Waals surface area contributed by atoms with E-state index in [0.717, 1.165) is 11.4 Å². The molecule has 0 aliphatic rings. The van der Waals surface area contributed by atoms with Crippen molar-refractivity contribution in [3.05, 3.63) is 59.5 Å². The molecule has 96 valence electrons. The molecule has 0 saturated heterocycles.